The average molecular weight is 255 g/mol. The molecular weight excluding hydrogens is 230 g/mol. The van der Waals surface area contributed by atoms with E-state index in [0.717, 1.165) is 31.8 Å². The number of nitrogens with zero attached hydrogens (tertiary/aromatic N) is 1. The van der Waals surface area contributed by atoms with Gasteiger partial charge < -0.3 is 14.6 Å². The fraction of sp³-hybridized carbons (Fsp3) is 0.714. The molecule has 1 aromatic heterocycles. The van der Waals surface area contributed by atoms with E-state index in [2.05, 4.69) is 25.7 Å². The Balaban J connectivity index is 2.59. The van der Waals surface area contributed by atoms with E-state index in [0.29, 0.717) is 5.76 Å². The van der Waals surface area contributed by atoms with E-state index < -0.39 is 0 Å². The molecular formula is C14H25NO3. The summed E-state index contributed by atoms with van der Waals surface area (Å²) in [4.78, 5) is 2.27. The third kappa shape index (κ3) is 5.67. The summed E-state index contributed by atoms with van der Waals surface area (Å²) in [5.74, 6) is 1.46. The summed E-state index contributed by atoms with van der Waals surface area (Å²) in [5.41, 5.74) is 0.210. The van der Waals surface area contributed by atoms with Crippen LogP contribution in [0.3, 0.4) is 0 Å². The summed E-state index contributed by atoms with van der Waals surface area (Å²) < 4.78 is 5.50. The van der Waals surface area contributed by atoms with Crippen LogP contribution in [0.4, 0.5) is 0 Å². The van der Waals surface area contributed by atoms with Gasteiger partial charge in [0.05, 0.1) is 6.54 Å². The molecule has 0 aliphatic heterocycles. The summed E-state index contributed by atoms with van der Waals surface area (Å²) in [6.45, 7) is 9.25. The number of aliphatic hydroxyl groups excluding tert-OH is 2. The molecule has 0 aromatic carbocycles. The second kappa shape index (κ2) is 6.92. The molecule has 0 aliphatic carbocycles. The zero-order valence-electron chi connectivity index (χ0n) is 11.6. The molecule has 0 saturated carbocycles. The van der Waals surface area contributed by atoms with Gasteiger partial charge in [0.2, 0.25) is 0 Å². The highest BCUT2D eigenvalue weighted by atomic mass is 16.4. The van der Waals surface area contributed by atoms with Crippen LogP contribution in [0.25, 0.3) is 0 Å². The van der Waals surface area contributed by atoms with Gasteiger partial charge in [0, 0.05) is 19.7 Å². The largest absolute Gasteiger partial charge is 0.462 e. The van der Waals surface area contributed by atoms with Crippen LogP contribution in [0, 0.1) is 5.41 Å². The predicted octanol–water partition coefficient (Wildman–Crippen LogP) is 2.00. The van der Waals surface area contributed by atoms with Crippen molar-refractivity contribution < 1.29 is 14.6 Å². The Morgan fingerprint density at radius 1 is 1.17 bits per heavy atom. The summed E-state index contributed by atoms with van der Waals surface area (Å²) in [6.07, 6.45) is 0.768. The highest BCUT2D eigenvalue weighted by Crippen LogP contribution is 2.18. The maximum Gasteiger partial charge on any atom is 0.129 e. The SMILES string of the molecule is CC(C)(C)CN(CCCO)Cc1ccc(CO)o1. The second-order valence-electron chi connectivity index (χ2n) is 5.87. The van der Waals surface area contributed by atoms with Crippen molar-refractivity contribution in [1.29, 1.82) is 0 Å². The van der Waals surface area contributed by atoms with Crippen LogP contribution in [-0.2, 0) is 13.2 Å². The smallest absolute Gasteiger partial charge is 0.129 e. The molecule has 0 amide bonds. The summed E-state index contributed by atoms with van der Waals surface area (Å²) >= 11 is 0. The Bertz CT molecular complexity index is 341. The van der Waals surface area contributed by atoms with Crippen molar-refractivity contribution in [1.82, 2.24) is 4.90 Å². The van der Waals surface area contributed by atoms with E-state index in [9.17, 15) is 0 Å². The quantitative estimate of drug-likeness (QED) is 0.782. The molecule has 0 unspecified atom stereocenters. The Labute approximate surface area is 109 Å². The van der Waals surface area contributed by atoms with Gasteiger partial charge >= 0.3 is 0 Å². The van der Waals surface area contributed by atoms with E-state index in [1.165, 1.54) is 0 Å². The Morgan fingerprint density at radius 2 is 1.83 bits per heavy atom. The van der Waals surface area contributed by atoms with Gasteiger partial charge in [-0.2, -0.15) is 0 Å². The number of hydrogen-bond acceptors (Lipinski definition) is 4. The van der Waals surface area contributed by atoms with Gasteiger partial charge in [0.1, 0.15) is 18.1 Å². The van der Waals surface area contributed by atoms with Gasteiger partial charge in [-0.15, -0.1) is 0 Å². The minimum absolute atomic E-state index is 0.0596. The molecule has 1 aromatic rings. The first-order chi connectivity index (χ1) is 8.44. The van der Waals surface area contributed by atoms with Crippen LogP contribution in [0.2, 0.25) is 0 Å². The molecule has 4 heteroatoms. The lowest BCUT2D eigenvalue weighted by molar-refractivity contribution is 0.153. The first-order valence-corrected chi connectivity index (χ1v) is 6.46. The van der Waals surface area contributed by atoms with E-state index in [1.54, 1.807) is 6.07 Å². The highest BCUT2D eigenvalue weighted by Gasteiger charge is 2.17. The summed E-state index contributed by atoms with van der Waals surface area (Å²) in [7, 11) is 0. The molecule has 0 bridgehead atoms. The van der Waals surface area contributed by atoms with Gasteiger partial charge in [-0.1, -0.05) is 20.8 Å². The molecule has 0 aliphatic rings. The van der Waals surface area contributed by atoms with Crippen molar-refractivity contribution in [3.8, 4) is 0 Å². The van der Waals surface area contributed by atoms with Crippen LogP contribution in [0.15, 0.2) is 16.5 Å². The molecule has 1 rings (SSSR count). The lowest BCUT2D eigenvalue weighted by Gasteiger charge is -2.29. The van der Waals surface area contributed by atoms with Crippen LogP contribution in [-0.4, -0.2) is 34.8 Å². The van der Waals surface area contributed by atoms with Crippen molar-refractivity contribution in [3.63, 3.8) is 0 Å². The first kappa shape index (κ1) is 15.2. The third-order valence-corrected chi connectivity index (χ3v) is 2.58. The zero-order valence-corrected chi connectivity index (χ0v) is 11.6. The lowest BCUT2D eigenvalue weighted by atomic mass is 9.96. The molecule has 0 spiro atoms. The Morgan fingerprint density at radius 3 is 2.33 bits per heavy atom. The van der Waals surface area contributed by atoms with Crippen molar-refractivity contribution in [2.75, 3.05) is 19.7 Å². The maximum atomic E-state index is 8.97. The van der Waals surface area contributed by atoms with Crippen molar-refractivity contribution in [3.05, 3.63) is 23.7 Å². The predicted molar refractivity (Wildman–Crippen MR) is 71.1 cm³/mol. The number of rotatable bonds is 7. The monoisotopic (exact) mass is 255 g/mol. The molecule has 0 saturated heterocycles. The molecule has 4 nitrogen and oxygen atoms in total. The Kier molecular flexibility index (Phi) is 5.85. The third-order valence-electron chi connectivity index (χ3n) is 2.58. The summed E-state index contributed by atoms with van der Waals surface area (Å²) in [6, 6.07) is 3.71. The number of furan rings is 1. The maximum absolute atomic E-state index is 8.97. The van der Waals surface area contributed by atoms with Gasteiger partial charge in [0.15, 0.2) is 0 Å². The minimum atomic E-state index is -0.0596. The average Bonchev–Trinajstić information content (AvgIpc) is 2.71. The first-order valence-electron chi connectivity index (χ1n) is 6.46. The molecule has 104 valence electrons. The molecule has 2 N–H and O–H groups in total. The number of aliphatic hydroxyl groups is 2. The van der Waals surface area contributed by atoms with E-state index in [1.807, 2.05) is 6.07 Å². The molecule has 1 heterocycles. The van der Waals surface area contributed by atoms with Crippen molar-refractivity contribution in [2.45, 2.75) is 40.3 Å². The second-order valence-corrected chi connectivity index (χ2v) is 5.87. The molecule has 18 heavy (non-hydrogen) atoms. The topological polar surface area (TPSA) is 56.8 Å². The van der Waals surface area contributed by atoms with Crippen LogP contribution < -0.4 is 0 Å². The fourth-order valence-electron chi connectivity index (χ4n) is 1.99. The zero-order chi connectivity index (χ0) is 13.6. The van der Waals surface area contributed by atoms with Crippen LogP contribution >= 0.6 is 0 Å². The molecule has 0 radical (unpaired) electrons. The standard InChI is InChI=1S/C14H25NO3/c1-14(2,3)11-15(7-4-8-16)9-12-5-6-13(10-17)18-12/h5-6,16-17H,4,7-11H2,1-3H3. The van der Waals surface area contributed by atoms with E-state index in [4.69, 9.17) is 14.6 Å². The fourth-order valence-corrected chi connectivity index (χ4v) is 1.99. The highest BCUT2D eigenvalue weighted by molar-refractivity contribution is 5.06. The van der Waals surface area contributed by atoms with Gasteiger partial charge in [-0.3, -0.25) is 4.90 Å². The van der Waals surface area contributed by atoms with Gasteiger partial charge in [-0.25, -0.2) is 0 Å². The van der Waals surface area contributed by atoms with E-state index in [-0.39, 0.29) is 18.6 Å². The molecule has 0 fully saturated rings. The van der Waals surface area contributed by atoms with Gasteiger partial charge in [-0.05, 0) is 24.0 Å². The lowest BCUT2D eigenvalue weighted by Crippen LogP contribution is -2.33. The van der Waals surface area contributed by atoms with E-state index >= 15 is 0 Å². The van der Waals surface area contributed by atoms with Crippen LogP contribution in [0.5, 0.6) is 0 Å². The van der Waals surface area contributed by atoms with Gasteiger partial charge in [0.25, 0.3) is 0 Å². The number of hydrogen-bond donors (Lipinski definition) is 2. The molecule has 0 atom stereocenters. The van der Waals surface area contributed by atoms with Crippen LogP contribution in [0.1, 0.15) is 38.7 Å². The Hall–Kier alpha value is -0.840. The normalized spacial score (nSPS) is 12.3. The minimum Gasteiger partial charge on any atom is -0.462 e. The van der Waals surface area contributed by atoms with Crippen molar-refractivity contribution >= 4 is 0 Å². The van der Waals surface area contributed by atoms with Crippen molar-refractivity contribution in [2.24, 2.45) is 5.41 Å². The summed E-state index contributed by atoms with van der Waals surface area (Å²) in [5, 5.41) is 17.9.